The number of rotatable bonds is 5. The Bertz CT molecular complexity index is 661. The Balaban J connectivity index is 1.59. The van der Waals surface area contributed by atoms with Crippen molar-refractivity contribution in [2.24, 2.45) is 5.92 Å². The number of ether oxygens (including phenoxy) is 2. The molecule has 118 valence electrons. The van der Waals surface area contributed by atoms with Gasteiger partial charge in [0, 0.05) is 18.4 Å². The summed E-state index contributed by atoms with van der Waals surface area (Å²) in [6.45, 7) is 5.87. The third kappa shape index (κ3) is 3.13. The average molecular weight is 303 g/mol. The van der Waals surface area contributed by atoms with Crippen LogP contribution in [0.1, 0.15) is 30.6 Å². The van der Waals surface area contributed by atoms with E-state index < -0.39 is 5.79 Å². The van der Waals surface area contributed by atoms with Crippen molar-refractivity contribution < 1.29 is 14.3 Å². The van der Waals surface area contributed by atoms with Crippen molar-refractivity contribution in [2.75, 3.05) is 19.8 Å². The molecular weight excluding hydrogens is 282 g/mol. The Morgan fingerprint density at radius 3 is 3.00 bits per heavy atom. The fourth-order valence-corrected chi connectivity index (χ4v) is 2.90. The minimum atomic E-state index is -0.520. The number of H-pyrrole nitrogens is 1. The maximum Gasteiger partial charge on any atom is 0.253 e. The fourth-order valence-electron chi connectivity index (χ4n) is 2.90. The predicted octanol–water partition coefficient (Wildman–Crippen LogP) is 2.08. The normalized spacial score (nSPS) is 18.5. The minimum absolute atomic E-state index is 0.0971. The van der Waals surface area contributed by atoms with E-state index in [4.69, 9.17) is 9.47 Å². The molecule has 2 heterocycles. The number of nitrogens with one attached hydrogen (secondary N) is 2. The maximum absolute atomic E-state index is 12.4. The molecule has 0 bridgehead atoms. The zero-order valence-electron chi connectivity index (χ0n) is 12.9. The molecule has 1 aliphatic rings. The molecule has 1 aromatic heterocycles. The lowest BCUT2D eigenvalue weighted by atomic mass is 10.0. The molecule has 0 radical (unpaired) electrons. The molecular formula is C16H21N3O3. The molecule has 2 aromatic rings. The zero-order valence-corrected chi connectivity index (χ0v) is 12.9. The van der Waals surface area contributed by atoms with E-state index >= 15 is 0 Å². The molecule has 0 unspecified atom stereocenters. The predicted molar refractivity (Wildman–Crippen MR) is 82.5 cm³/mol. The van der Waals surface area contributed by atoms with Crippen LogP contribution in [0, 0.1) is 5.92 Å². The lowest BCUT2D eigenvalue weighted by Gasteiger charge is -2.26. The second-order valence-corrected chi connectivity index (χ2v) is 5.99. The molecule has 1 aromatic carbocycles. The van der Waals surface area contributed by atoms with Crippen LogP contribution in [0.15, 0.2) is 24.4 Å². The van der Waals surface area contributed by atoms with E-state index in [1.54, 1.807) is 12.3 Å². The van der Waals surface area contributed by atoms with Crippen LogP contribution in [-0.4, -0.2) is 41.7 Å². The summed E-state index contributed by atoms with van der Waals surface area (Å²) in [5.41, 5.74) is 1.38. The number of benzene rings is 1. The van der Waals surface area contributed by atoms with Crippen molar-refractivity contribution in [3.63, 3.8) is 0 Å². The van der Waals surface area contributed by atoms with Crippen LogP contribution in [0.2, 0.25) is 0 Å². The molecule has 1 fully saturated rings. The Hall–Kier alpha value is -1.92. The van der Waals surface area contributed by atoms with Crippen LogP contribution in [0.4, 0.5) is 0 Å². The summed E-state index contributed by atoms with van der Waals surface area (Å²) in [6, 6.07) is 5.58. The van der Waals surface area contributed by atoms with Crippen molar-refractivity contribution in [3.8, 4) is 0 Å². The van der Waals surface area contributed by atoms with Crippen LogP contribution in [-0.2, 0) is 9.47 Å². The van der Waals surface area contributed by atoms with Gasteiger partial charge in [0.1, 0.15) is 0 Å². The topological polar surface area (TPSA) is 76.2 Å². The van der Waals surface area contributed by atoms with Crippen molar-refractivity contribution in [1.82, 2.24) is 15.5 Å². The number of aromatic nitrogens is 2. The highest BCUT2D eigenvalue weighted by Gasteiger charge is 2.32. The lowest BCUT2D eigenvalue weighted by Crippen LogP contribution is -2.34. The molecule has 0 saturated carbocycles. The van der Waals surface area contributed by atoms with Gasteiger partial charge < -0.3 is 14.8 Å². The molecule has 0 spiro atoms. The molecule has 22 heavy (non-hydrogen) atoms. The first-order valence-electron chi connectivity index (χ1n) is 7.56. The van der Waals surface area contributed by atoms with Crippen LogP contribution < -0.4 is 5.32 Å². The van der Waals surface area contributed by atoms with Gasteiger partial charge in [-0.25, -0.2) is 0 Å². The van der Waals surface area contributed by atoms with Gasteiger partial charge in [-0.05, 0) is 18.9 Å². The highest BCUT2D eigenvalue weighted by Crippen LogP contribution is 2.26. The summed E-state index contributed by atoms with van der Waals surface area (Å²) >= 11 is 0. The van der Waals surface area contributed by atoms with Gasteiger partial charge >= 0.3 is 0 Å². The van der Waals surface area contributed by atoms with E-state index in [1.165, 1.54) is 0 Å². The smallest absolute Gasteiger partial charge is 0.253 e. The average Bonchev–Trinajstić information content (AvgIpc) is 3.13. The molecule has 1 amide bonds. The summed E-state index contributed by atoms with van der Waals surface area (Å²) in [5, 5.41) is 10.8. The largest absolute Gasteiger partial charge is 0.352 e. The van der Waals surface area contributed by atoms with Crippen LogP contribution in [0.25, 0.3) is 10.9 Å². The second kappa shape index (κ2) is 6.06. The number of aromatic amines is 1. The van der Waals surface area contributed by atoms with Crippen molar-refractivity contribution in [2.45, 2.75) is 26.1 Å². The van der Waals surface area contributed by atoms with Crippen molar-refractivity contribution >= 4 is 16.8 Å². The van der Waals surface area contributed by atoms with Gasteiger partial charge in [-0.3, -0.25) is 9.89 Å². The van der Waals surface area contributed by atoms with Gasteiger partial charge in [0.2, 0.25) is 0 Å². The summed E-state index contributed by atoms with van der Waals surface area (Å²) in [5.74, 6) is -0.360. The van der Waals surface area contributed by atoms with E-state index in [9.17, 15) is 4.79 Å². The van der Waals surface area contributed by atoms with E-state index in [2.05, 4.69) is 22.4 Å². The van der Waals surface area contributed by atoms with Gasteiger partial charge in [-0.1, -0.05) is 19.1 Å². The number of amides is 1. The van der Waals surface area contributed by atoms with Crippen LogP contribution in [0.3, 0.4) is 0 Å². The first-order chi connectivity index (χ1) is 10.6. The molecule has 1 aliphatic heterocycles. The second-order valence-electron chi connectivity index (χ2n) is 5.99. The Morgan fingerprint density at radius 2 is 2.23 bits per heavy atom. The number of hydrogen-bond donors (Lipinski definition) is 2. The number of fused-ring (bicyclic) bond motifs is 1. The number of para-hydroxylation sites is 1. The fraction of sp³-hybridized carbons (Fsp3) is 0.500. The summed E-state index contributed by atoms with van der Waals surface area (Å²) in [6.07, 6.45) is 2.46. The standard InChI is InChI=1S/C16H21N3O3/c1-11(8-16(2)21-6-7-22-16)9-17-15(20)13-5-3-4-12-10-18-19-14(12)13/h3-5,10-11H,6-9H2,1-2H3,(H,17,20)(H,18,19)/t11-/m0/s1. The summed E-state index contributed by atoms with van der Waals surface area (Å²) < 4.78 is 11.2. The van der Waals surface area contributed by atoms with Gasteiger partial charge in [-0.15, -0.1) is 0 Å². The third-order valence-electron chi connectivity index (χ3n) is 3.95. The van der Waals surface area contributed by atoms with Crippen molar-refractivity contribution in [1.29, 1.82) is 0 Å². The van der Waals surface area contributed by atoms with E-state index in [1.807, 2.05) is 19.1 Å². The molecule has 0 aliphatic carbocycles. The van der Waals surface area contributed by atoms with Crippen LogP contribution >= 0.6 is 0 Å². The molecule has 2 N–H and O–H groups in total. The first kappa shape index (κ1) is 15.0. The highest BCUT2D eigenvalue weighted by molar-refractivity contribution is 6.05. The Labute approximate surface area is 129 Å². The van der Waals surface area contributed by atoms with E-state index in [-0.39, 0.29) is 11.8 Å². The quantitative estimate of drug-likeness (QED) is 0.886. The lowest BCUT2D eigenvalue weighted by molar-refractivity contribution is -0.153. The number of carbonyl (C=O) groups is 1. The van der Waals surface area contributed by atoms with E-state index in [0.717, 1.165) is 17.3 Å². The van der Waals surface area contributed by atoms with Gasteiger partial charge in [0.25, 0.3) is 5.91 Å². The maximum atomic E-state index is 12.4. The van der Waals surface area contributed by atoms with Gasteiger partial charge in [-0.2, -0.15) is 5.10 Å². The molecule has 1 saturated heterocycles. The molecule has 6 heteroatoms. The van der Waals surface area contributed by atoms with Gasteiger partial charge in [0.05, 0.1) is 30.5 Å². The third-order valence-corrected chi connectivity index (χ3v) is 3.95. The zero-order chi connectivity index (χ0) is 15.6. The van der Waals surface area contributed by atoms with E-state index in [0.29, 0.717) is 25.3 Å². The summed E-state index contributed by atoms with van der Waals surface area (Å²) in [7, 11) is 0. The molecule has 6 nitrogen and oxygen atoms in total. The Morgan fingerprint density at radius 1 is 1.45 bits per heavy atom. The minimum Gasteiger partial charge on any atom is -0.352 e. The number of carbonyl (C=O) groups excluding carboxylic acids is 1. The highest BCUT2D eigenvalue weighted by atomic mass is 16.7. The SMILES string of the molecule is C[C@H](CNC(=O)c1cccc2cn[nH]c12)CC1(C)OCCO1. The first-order valence-corrected chi connectivity index (χ1v) is 7.56. The summed E-state index contributed by atoms with van der Waals surface area (Å²) in [4.78, 5) is 12.4. The number of hydrogen-bond acceptors (Lipinski definition) is 4. The van der Waals surface area contributed by atoms with Crippen LogP contribution in [0.5, 0.6) is 0 Å². The van der Waals surface area contributed by atoms with Crippen molar-refractivity contribution in [3.05, 3.63) is 30.0 Å². The molecule has 1 atom stereocenters. The monoisotopic (exact) mass is 303 g/mol. The number of nitrogens with zero attached hydrogens (tertiary/aromatic N) is 1. The Kier molecular flexibility index (Phi) is 4.13. The molecule has 3 rings (SSSR count). The van der Waals surface area contributed by atoms with Gasteiger partial charge in [0.15, 0.2) is 5.79 Å².